The van der Waals surface area contributed by atoms with Crippen molar-refractivity contribution >= 4 is 11.8 Å². The molecule has 3 nitrogen and oxygen atoms in total. The standard InChI is InChI=1S/C11H7N3S/c12-6-10(11(7-13)15-8-14)9-4-2-1-3-5-9/h1-5,10-11H/t10-,11-/m0/s1. The molecule has 0 amide bonds. The Hall–Kier alpha value is -1.96. The summed E-state index contributed by atoms with van der Waals surface area (Å²) in [4.78, 5) is 0. The maximum absolute atomic E-state index is 8.98. The molecule has 1 aromatic rings. The van der Waals surface area contributed by atoms with Gasteiger partial charge in [-0.05, 0) is 17.3 Å². The van der Waals surface area contributed by atoms with Crippen LogP contribution in [0.4, 0.5) is 0 Å². The van der Waals surface area contributed by atoms with Crippen molar-refractivity contribution in [2.45, 2.75) is 11.2 Å². The topological polar surface area (TPSA) is 71.4 Å². The Kier molecular flexibility index (Phi) is 4.23. The van der Waals surface area contributed by atoms with Crippen molar-refractivity contribution in [3.63, 3.8) is 0 Å². The lowest BCUT2D eigenvalue weighted by atomic mass is 9.98. The maximum Gasteiger partial charge on any atom is 0.134 e. The van der Waals surface area contributed by atoms with E-state index < -0.39 is 11.2 Å². The molecule has 0 saturated heterocycles. The van der Waals surface area contributed by atoms with E-state index in [0.29, 0.717) is 0 Å². The van der Waals surface area contributed by atoms with Gasteiger partial charge in [0.2, 0.25) is 0 Å². The van der Waals surface area contributed by atoms with Crippen molar-refractivity contribution in [3.8, 4) is 17.5 Å². The molecule has 4 heteroatoms. The highest BCUT2D eigenvalue weighted by molar-refractivity contribution is 8.04. The molecule has 0 radical (unpaired) electrons. The van der Waals surface area contributed by atoms with Gasteiger partial charge in [0.15, 0.2) is 0 Å². The Morgan fingerprint density at radius 3 is 2.13 bits per heavy atom. The normalized spacial score (nSPS) is 12.9. The third kappa shape index (κ3) is 2.74. The van der Waals surface area contributed by atoms with E-state index in [1.807, 2.05) is 29.7 Å². The molecule has 0 heterocycles. The van der Waals surface area contributed by atoms with Crippen LogP contribution in [0.5, 0.6) is 0 Å². The minimum absolute atomic E-state index is 0.555. The van der Waals surface area contributed by atoms with Crippen molar-refractivity contribution in [2.75, 3.05) is 0 Å². The Morgan fingerprint density at radius 2 is 1.67 bits per heavy atom. The zero-order valence-electron chi connectivity index (χ0n) is 7.79. The van der Waals surface area contributed by atoms with Gasteiger partial charge < -0.3 is 0 Å². The van der Waals surface area contributed by atoms with E-state index in [-0.39, 0.29) is 0 Å². The van der Waals surface area contributed by atoms with Crippen molar-refractivity contribution in [3.05, 3.63) is 35.9 Å². The Bertz CT molecular complexity index is 436. The first-order valence-corrected chi connectivity index (χ1v) is 5.10. The zero-order valence-corrected chi connectivity index (χ0v) is 8.61. The molecule has 0 N–H and O–H groups in total. The largest absolute Gasteiger partial charge is 0.198 e. The van der Waals surface area contributed by atoms with Crippen LogP contribution in [0.1, 0.15) is 11.5 Å². The van der Waals surface area contributed by atoms with Crippen molar-refractivity contribution < 1.29 is 0 Å². The molecule has 1 rings (SSSR count). The van der Waals surface area contributed by atoms with Crippen LogP contribution in [0.2, 0.25) is 0 Å². The maximum atomic E-state index is 8.98. The lowest BCUT2D eigenvalue weighted by Gasteiger charge is -2.11. The van der Waals surface area contributed by atoms with Gasteiger partial charge in [0.1, 0.15) is 10.7 Å². The molecule has 0 aromatic heterocycles. The highest BCUT2D eigenvalue weighted by atomic mass is 32.2. The van der Waals surface area contributed by atoms with Crippen LogP contribution in [-0.2, 0) is 0 Å². The lowest BCUT2D eigenvalue weighted by Crippen LogP contribution is -2.11. The number of thioether (sulfide) groups is 1. The average Bonchev–Trinajstić information content (AvgIpc) is 2.30. The fraction of sp³-hybridized carbons (Fsp3) is 0.182. The molecule has 0 aliphatic heterocycles. The van der Waals surface area contributed by atoms with E-state index in [4.69, 9.17) is 15.8 Å². The third-order valence-corrected chi connectivity index (χ3v) is 2.64. The fourth-order valence-electron chi connectivity index (χ4n) is 1.20. The van der Waals surface area contributed by atoms with Crippen LogP contribution in [0.15, 0.2) is 30.3 Å². The van der Waals surface area contributed by atoms with Crippen LogP contribution in [0, 0.1) is 33.3 Å². The third-order valence-electron chi connectivity index (χ3n) is 1.91. The Labute approximate surface area is 92.6 Å². The predicted octanol–water partition coefficient (Wildman–Crippen LogP) is 2.40. The average molecular weight is 213 g/mol. The van der Waals surface area contributed by atoms with Crippen molar-refractivity contribution in [1.29, 1.82) is 15.8 Å². The molecule has 0 spiro atoms. The second kappa shape index (κ2) is 5.70. The first-order chi connectivity index (χ1) is 7.33. The summed E-state index contributed by atoms with van der Waals surface area (Å²) in [5, 5.41) is 27.6. The van der Waals surface area contributed by atoms with Crippen LogP contribution in [-0.4, -0.2) is 5.25 Å². The number of benzene rings is 1. The second-order valence-corrected chi connectivity index (χ2v) is 3.70. The van der Waals surface area contributed by atoms with E-state index in [9.17, 15) is 0 Å². The molecule has 0 aliphatic carbocycles. The summed E-state index contributed by atoms with van der Waals surface area (Å²) in [7, 11) is 0. The van der Waals surface area contributed by atoms with Crippen LogP contribution < -0.4 is 0 Å². The van der Waals surface area contributed by atoms with Crippen LogP contribution >= 0.6 is 11.8 Å². The molecule has 0 bridgehead atoms. The van der Waals surface area contributed by atoms with Gasteiger partial charge in [-0.15, -0.1) is 0 Å². The molecule has 72 valence electrons. The summed E-state index contributed by atoms with van der Waals surface area (Å²) in [6, 6.07) is 13.1. The van der Waals surface area contributed by atoms with Crippen LogP contribution in [0.25, 0.3) is 0 Å². The minimum Gasteiger partial charge on any atom is -0.198 e. The monoisotopic (exact) mass is 213 g/mol. The van der Waals surface area contributed by atoms with Crippen molar-refractivity contribution in [1.82, 2.24) is 0 Å². The van der Waals surface area contributed by atoms with Gasteiger partial charge in [0.25, 0.3) is 0 Å². The van der Waals surface area contributed by atoms with E-state index in [2.05, 4.69) is 6.07 Å². The quantitative estimate of drug-likeness (QED) is 0.723. The van der Waals surface area contributed by atoms with Gasteiger partial charge in [-0.2, -0.15) is 15.8 Å². The predicted molar refractivity (Wildman–Crippen MR) is 57.4 cm³/mol. The molecule has 0 saturated carbocycles. The van der Waals surface area contributed by atoms with Gasteiger partial charge >= 0.3 is 0 Å². The molecule has 0 aliphatic rings. The first-order valence-electron chi connectivity index (χ1n) is 4.22. The number of thiocyanates is 1. The SMILES string of the molecule is N#CS[C@@H](C#N)[C@@H](C#N)c1ccccc1. The summed E-state index contributed by atoms with van der Waals surface area (Å²) in [6.45, 7) is 0. The highest BCUT2D eigenvalue weighted by Gasteiger charge is 2.23. The summed E-state index contributed by atoms with van der Waals surface area (Å²) >= 11 is 0.826. The number of nitrogens with zero attached hydrogens (tertiary/aromatic N) is 3. The number of rotatable bonds is 3. The van der Waals surface area contributed by atoms with Gasteiger partial charge in [-0.1, -0.05) is 30.3 Å². The van der Waals surface area contributed by atoms with Gasteiger partial charge in [-0.3, -0.25) is 0 Å². The van der Waals surface area contributed by atoms with E-state index in [0.717, 1.165) is 17.3 Å². The highest BCUT2D eigenvalue weighted by Crippen LogP contribution is 2.27. The van der Waals surface area contributed by atoms with E-state index >= 15 is 0 Å². The fourth-order valence-corrected chi connectivity index (χ4v) is 1.72. The minimum atomic E-state index is -0.637. The van der Waals surface area contributed by atoms with Gasteiger partial charge in [-0.25, -0.2) is 0 Å². The zero-order chi connectivity index (χ0) is 11.1. The molecule has 2 atom stereocenters. The molecular weight excluding hydrogens is 206 g/mol. The molecule has 1 aromatic carbocycles. The van der Waals surface area contributed by atoms with E-state index in [1.165, 1.54) is 0 Å². The van der Waals surface area contributed by atoms with Gasteiger partial charge in [0.05, 0.1) is 18.1 Å². The second-order valence-electron chi connectivity index (χ2n) is 2.78. The first kappa shape index (κ1) is 11.1. The molecule has 0 unspecified atom stereocenters. The number of hydrogen-bond acceptors (Lipinski definition) is 4. The molecular formula is C11H7N3S. The van der Waals surface area contributed by atoms with Gasteiger partial charge in [0, 0.05) is 0 Å². The summed E-state index contributed by atoms with van der Waals surface area (Å²) in [5.41, 5.74) is 0.773. The molecule has 15 heavy (non-hydrogen) atoms. The summed E-state index contributed by atoms with van der Waals surface area (Å²) in [6.07, 6.45) is 0. The summed E-state index contributed by atoms with van der Waals surface area (Å²) in [5.74, 6) is -0.555. The van der Waals surface area contributed by atoms with Crippen LogP contribution in [0.3, 0.4) is 0 Å². The summed E-state index contributed by atoms with van der Waals surface area (Å²) < 4.78 is 0. The van der Waals surface area contributed by atoms with Crippen molar-refractivity contribution in [2.24, 2.45) is 0 Å². The Morgan fingerprint density at radius 1 is 1.00 bits per heavy atom. The Balaban J connectivity index is 2.96. The number of nitriles is 3. The smallest absolute Gasteiger partial charge is 0.134 e. The lowest BCUT2D eigenvalue weighted by molar-refractivity contribution is 0.906. The van der Waals surface area contributed by atoms with E-state index in [1.54, 1.807) is 12.1 Å². The number of hydrogen-bond donors (Lipinski definition) is 0. The molecule has 0 fully saturated rings.